The molecule has 20 rings (SSSR count). The molecule has 0 fully saturated rings. The zero-order valence-electron chi connectivity index (χ0n) is 51.8. The monoisotopic (exact) mass is 1210 g/mol. The van der Waals surface area contributed by atoms with Crippen LogP contribution in [0, 0.1) is 0 Å². The maximum atomic E-state index is 2.41. The lowest BCUT2D eigenvalue weighted by atomic mass is 9.99. The van der Waals surface area contributed by atoms with Crippen LogP contribution in [0.4, 0.5) is 0 Å². The first-order valence-electron chi connectivity index (χ1n) is 32.6. The Morgan fingerprint density at radius 2 is 0.295 bits per heavy atom. The third-order valence-corrected chi connectivity index (χ3v) is 19.5. The van der Waals surface area contributed by atoms with E-state index in [1.807, 2.05) is 0 Å². The number of fused-ring (bicyclic) bond motifs is 15. The minimum atomic E-state index is 1.15. The Morgan fingerprint density at radius 1 is 0.116 bits per heavy atom. The zero-order valence-corrected chi connectivity index (χ0v) is 51.8. The maximum absolute atomic E-state index is 2.41. The Balaban J connectivity index is 0.000000146. The third kappa shape index (κ3) is 8.78. The van der Waals surface area contributed by atoms with Crippen LogP contribution in [0.15, 0.2) is 358 Å². The van der Waals surface area contributed by atoms with E-state index in [0.717, 1.165) is 17.1 Å². The van der Waals surface area contributed by atoms with E-state index in [-0.39, 0.29) is 0 Å². The van der Waals surface area contributed by atoms with Crippen molar-refractivity contribution in [1.29, 1.82) is 0 Å². The van der Waals surface area contributed by atoms with Gasteiger partial charge in [0.05, 0.1) is 55.2 Å². The van der Waals surface area contributed by atoms with Gasteiger partial charge in [-0.05, 0) is 173 Å². The van der Waals surface area contributed by atoms with Gasteiger partial charge < -0.3 is 22.8 Å². The first-order valence-corrected chi connectivity index (χ1v) is 32.6. The van der Waals surface area contributed by atoms with Crippen molar-refractivity contribution in [2.24, 2.45) is 0 Å². The number of aromatic nitrogens is 5. The molecule has 0 radical (unpaired) electrons. The van der Waals surface area contributed by atoms with Crippen LogP contribution in [-0.2, 0) is 0 Å². The van der Waals surface area contributed by atoms with Crippen molar-refractivity contribution in [3.05, 3.63) is 358 Å². The van der Waals surface area contributed by atoms with Gasteiger partial charge in [0.15, 0.2) is 0 Å². The van der Waals surface area contributed by atoms with E-state index in [1.54, 1.807) is 0 Å². The average Bonchev–Trinajstić information content (AvgIpc) is 1.61. The predicted molar refractivity (Wildman–Crippen MR) is 401 cm³/mol. The van der Waals surface area contributed by atoms with E-state index in [1.165, 1.54) is 154 Å². The van der Waals surface area contributed by atoms with Gasteiger partial charge in [-0.1, -0.05) is 218 Å². The molecular formula is C90H59N5. The van der Waals surface area contributed by atoms with E-state index >= 15 is 0 Å². The summed E-state index contributed by atoms with van der Waals surface area (Å²) in [6.45, 7) is 0. The van der Waals surface area contributed by atoms with Crippen LogP contribution in [-0.4, -0.2) is 22.8 Å². The van der Waals surface area contributed by atoms with Crippen LogP contribution in [0.2, 0.25) is 0 Å². The van der Waals surface area contributed by atoms with Gasteiger partial charge in [0.25, 0.3) is 0 Å². The second-order valence-corrected chi connectivity index (χ2v) is 24.8. The SMILES string of the molecule is c1ccc(-n2c3ccc(-c4ccc5c6ccccc6n(-c6ccccc6)c5c4)cc3c3cc(-c4ccc5c6ccccc6n(-c6ccccc6)c5c4)ccc32)cc1.c1ccc(-n2c3ccccc3c3cc(-c4ccc5c6ccccc6n(-c6ccccc6)c5c4)ccc32)cc1. The Kier molecular flexibility index (Phi) is 12.5. The first kappa shape index (κ1) is 54.1. The Morgan fingerprint density at radius 3 is 0.568 bits per heavy atom. The number of nitrogens with zero attached hydrogens (tertiary/aromatic N) is 5. The topological polar surface area (TPSA) is 24.6 Å². The molecule has 0 aliphatic carbocycles. The summed E-state index contributed by atoms with van der Waals surface area (Å²) in [5.41, 5.74) is 25.2. The van der Waals surface area contributed by atoms with Gasteiger partial charge >= 0.3 is 0 Å². The Bertz CT molecular complexity index is 6150. The predicted octanol–water partition coefficient (Wildman–Crippen LogP) is 23.9. The van der Waals surface area contributed by atoms with E-state index in [9.17, 15) is 0 Å². The van der Waals surface area contributed by atoms with Gasteiger partial charge in [-0.25, -0.2) is 0 Å². The third-order valence-electron chi connectivity index (χ3n) is 19.5. The summed E-state index contributed by atoms with van der Waals surface area (Å²) in [5.74, 6) is 0. The molecule has 0 saturated heterocycles. The molecule has 444 valence electrons. The molecule has 15 aromatic carbocycles. The number of hydrogen-bond acceptors (Lipinski definition) is 0. The van der Waals surface area contributed by atoms with E-state index in [2.05, 4.69) is 381 Å². The van der Waals surface area contributed by atoms with Gasteiger partial charge in [-0.2, -0.15) is 0 Å². The highest BCUT2D eigenvalue weighted by Gasteiger charge is 2.21. The molecule has 20 aromatic rings. The van der Waals surface area contributed by atoms with Crippen molar-refractivity contribution in [1.82, 2.24) is 22.8 Å². The van der Waals surface area contributed by atoms with Crippen LogP contribution in [0.1, 0.15) is 0 Å². The number of hydrogen-bond donors (Lipinski definition) is 0. The normalized spacial score (nSPS) is 11.8. The van der Waals surface area contributed by atoms with E-state index in [0.29, 0.717) is 0 Å². The highest BCUT2D eigenvalue weighted by Crippen LogP contribution is 2.43. The minimum Gasteiger partial charge on any atom is -0.309 e. The van der Waals surface area contributed by atoms with Crippen LogP contribution >= 0.6 is 0 Å². The first-order chi connectivity index (χ1) is 47.1. The molecule has 0 aliphatic rings. The molecule has 0 aliphatic heterocycles. The van der Waals surface area contributed by atoms with Gasteiger partial charge in [0.2, 0.25) is 0 Å². The zero-order chi connectivity index (χ0) is 62.5. The number of para-hydroxylation sites is 9. The molecule has 5 aromatic heterocycles. The highest BCUT2D eigenvalue weighted by molar-refractivity contribution is 6.16. The minimum absolute atomic E-state index is 1.15. The van der Waals surface area contributed by atoms with Crippen LogP contribution < -0.4 is 0 Å². The van der Waals surface area contributed by atoms with E-state index in [4.69, 9.17) is 0 Å². The fraction of sp³-hybridized carbons (Fsp3) is 0. The largest absolute Gasteiger partial charge is 0.309 e. The highest BCUT2D eigenvalue weighted by atomic mass is 15.0. The lowest BCUT2D eigenvalue weighted by Gasteiger charge is -2.10. The molecule has 0 saturated carbocycles. The molecular weight excluding hydrogens is 1150 g/mol. The quantitative estimate of drug-likeness (QED) is 0.145. The maximum Gasteiger partial charge on any atom is 0.0547 e. The summed E-state index contributed by atoms with van der Waals surface area (Å²) in [6.07, 6.45) is 0. The summed E-state index contributed by atoms with van der Waals surface area (Å²) in [5, 5.41) is 12.6. The van der Waals surface area contributed by atoms with Crippen LogP contribution in [0.5, 0.6) is 0 Å². The fourth-order valence-electron chi connectivity index (χ4n) is 15.3. The Labute approximate surface area is 548 Å². The molecule has 5 heterocycles. The van der Waals surface area contributed by atoms with Crippen molar-refractivity contribution >= 4 is 109 Å². The number of rotatable bonds is 8. The van der Waals surface area contributed by atoms with Crippen molar-refractivity contribution in [3.63, 3.8) is 0 Å². The van der Waals surface area contributed by atoms with Crippen molar-refractivity contribution in [2.75, 3.05) is 0 Å². The molecule has 5 nitrogen and oxygen atoms in total. The summed E-state index contributed by atoms with van der Waals surface area (Å²) >= 11 is 0. The van der Waals surface area contributed by atoms with Gasteiger partial charge in [0, 0.05) is 82.3 Å². The van der Waals surface area contributed by atoms with Gasteiger partial charge in [0.1, 0.15) is 0 Å². The van der Waals surface area contributed by atoms with Crippen LogP contribution in [0.25, 0.3) is 171 Å². The molecule has 0 N–H and O–H groups in total. The molecule has 95 heavy (non-hydrogen) atoms. The molecule has 0 amide bonds. The molecule has 0 unspecified atom stereocenters. The van der Waals surface area contributed by atoms with Gasteiger partial charge in [-0.15, -0.1) is 0 Å². The van der Waals surface area contributed by atoms with Crippen molar-refractivity contribution < 1.29 is 0 Å². The number of benzene rings is 15. The lowest BCUT2D eigenvalue weighted by Crippen LogP contribution is -1.94. The Hall–Kier alpha value is -12.7. The standard InChI is InChI=1S/C54H35N3.C36H24N2/c1-4-14-40(15-5-1)55-51-30-26-36(38-24-28-45-43-20-10-12-22-49(43)56(53(45)34-38)41-16-6-2-7-17-41)32-47(51)48-33-37(27-31-52(48)55)39-25-29-46-44-21-11-13-23-50(44)57(54(46)35-39)42-18-8-3-9-19-42;1-3-11-27(12-4-1)37-34-18-10-8-16-30(34)32-23-25(20-22-35(32)37)26-19-21-31-29-15-7-9-17-33(29)38(36(31)24-26)28-13-5-2-6-14-28/h1-35H;1-24H. The summed E-state index contributed by atoms with van der Waals surface area (Å²) in [7, 11) is 0. The fourth-order valence-corrected chi connectivity index (χ4v) is 15.3. The second-order valence-electron chi connectivity index (χ2n) is 24.8. The molecule has 0 spiro atoms. The van der Waals surface area contributed by atoms with Gasteiger partial charge in [-0.3, -0.25) is 0 Å². The van der Waals surface area contributed by atoms with Crippen molar-refractivity contribution in [3.8, 4) is 61.8 Å². The summed E-state index contributed by atoms with van der Waals surface area (Å²) < 4.78 is 12.0. The second kappa shape index (κ2) is 22.0. The van der Waals surface area contributed by atoms with E-state index < -0.39 is 0 Å². The summed E-state index contributed by atoms with van der Waals surface area (Å²) in [6, 6.07) is 130. The van der Waals surface area contributed by atoms with Crippen LogP contribution in [0.3, 0.4) is 0 Å². The molecule has 5 heteroatoms. The average molecular weight is 1210 g/mol. The molecule has 0 atom stereocenters. The smallest absolute Gasteiger partial charge is 0.0547 e. The van der Waals surface area contributed by atoms with Crippen molar-refractivity contribution in [2.45, 2.75) is 0 Å². The lowest BCUT2D eigenvalue weighted by molar-refractivity contribution is 1.18. The molecule has 0 bridgehead atoms. The summed E-state index contributed by atoms with van der Waals surface area (Å²) in [4.78, 5) is 0.